The van der Waals surface area contributed by atoms with Crippen molar-refractivity contribution >= 4 is 19.8 Å². The lowest BCUT2D eigenvalue weighted by Gasteiger charge is -2.41. The molecule has 66 heavy (non-hydrogen) atoms. The van der Waals surface area contributed by atoms with E-state index in [0.29, 0.717) is 12.8 Å². The predicted molar refractivity (Wildman–Crippen MR) is 263 cm³/mol. The van der Waals surface area contributed by atoms with Gasteiger partial charge in [0.2, 0.25) is 0 Å². The molecule has 1 aliphatic rings. The average molecular weight is 963 g/mol. The number of unbranched alkanes of at least 4 members (excludes halogenated alkanes) is 32. The maximum atomic E-state index is 12.9. The van der Waals surface area contributed by atoms with Crippen molar-refractivity contribution in [2.24, 2.45) is 0 Å². The van der Waals surface area contributed by atoms with Crippen molar-refractivity contribution in [2.75, 3.05) is 13.2 Å². The van der Waals surface area contributed by atoms with Gasteiger partial charge in [-0.15, -0.1) is 0 Å². The molecule has 1 fully saturated rings. The third-order valence-corrected chi connectivity index (χ3v) is 13.8. The number of hydrogen-bond donors (Lipinski definition) is 6. The molecule has 14 heteroatoms. The van der Waals surface area contributed by atoms with Gasteiger partial charge in [-0.25, -0.2) is 4.57 Å². The fourth-order valence-corrected chi connectivity index (χ4v) is 9.49. The summed E-state index contributed by atoms with van der Waals surface area (Å²) in [5.74, 6) is -1.09. The molecule has 0 radical (unpaired) electrons. The summed E-state index contributed by atoms with van der Waals surface area (Å²) in [7, 11) is -5.12. The van der Waals surface area contributed by atoms with Crippen LogP contribution in [0.15, 0.2) is 12.2 Å². The molecule has 0 amide bonds. The molecule has 8 atom stereocenters. The highest BCUT2D eigenvalue weighted by Gasteiger charge is 2.51. The van der Waals surface area contributed by atoms with E-state index in [1.54, 1.807) is 0 Å². The van der Waals surface area contributed by atoms with Crippen molar-refractivity contribution in [2.45, 2.75) is 294 Å². The Hall–Kier alpha value is -1.41. The van der Waals surface area contributed by atoms with Gasteiger partial charge in [0, 0.05) is 12.8 Å². The van der Waals surface area contributed by atoms with Gasteiger partial charge in [-0.2, -0.15) is 0 Å². The van der Waals surface area contributed by atoms with Gasteiger partial charge in [0.05, 0.1) is 6.61 Å². The zero-order valence-corrected chi connectivity index (χ0v) is 42.7. The average Bonchev–Trinajstić information content (AvgIpc) is 3.30. The summed E-state index contributed by atoms with van der Waals surface area (Å²) in [5.41, 5.74) is 0. The largest absolute Gasteiger partial charge is 0.472 e. The first-order valence-electron chi connectivity index (χ1n) is 27.0. The smallest absolute Gasteiger partial charge is 0.462 e. The molecule has 1 aliphatic carbocycles. The number of ether oxygens (including phenoxy) is 2. The van der Waals surface area contributed by atoms with Gasteiger partial charge in [-0.05, 0) is 38.5 Å². The number of rotatable bonds is 46. The van der Waals surface area contributed by atoms with Gasteiger partial charge in [0.1, 0.15) is 43.2 Å². The van der Waals surface area contributed by atoms with Crippen LogP contribution in [-0.4, -0.2) is 98.3 Å². The topological polar surface area (TPSA) is 210 Å². The fourth-order valence-electron chi connectivity index (χ4n) is 8.52. The molecule has 6 unspecified atom stereocenters. The molecular weight excluding hydrogens is 864 g/mol. The highest BCUT2D eigenvalue weighted by Crippen LogP contribution is 2.47. The number of phosphoric acid groups is 1. The Kier molecular flexibility index (Phi) is 40.3. The maximum absolute atomic E-state index is 12.9. The number of aliphatic hydroxyl groups is 5. The number of carbonyl (C=O) groups excluding carboxylic acids is 2. The highest BCUT2D eigenvalue weighted by atomic mass is 31.2. The van der Waals surface area contributed by atoms with Crippen molar-refractivity contribution in [3.8, 4) is 0 Å². The monoisotopic (exact) mass is 963 g/mol. The third kappa shape index (κ3) is 34.0. The van der Waals surface area contributed by atoms with E-state index in [4.69, 9.17) is 18.5 Å². The second kappa shape index (κ2) is 42.5. The fraction of sp³-hybridized carbons (Fsp3) is 0.923. The molecule has 6 N–H and O–H groups in total. The Labute approximate surface area is 401 Å². The van der Waals surface area contributed by atoms with E-state index in [9.17, 15) is 44.6 Å². The van der Waals surface area contributed by atoms with Crippen LogP contribution in [0.5, 0.6) is 0 Å². The predicted octanol–water partition coefficient (Wildman–Crippen LogP) is 11.8. The van der Waals surface area contributed by atoms with E-state index in [2.05, 4.69) is 26.0 Å². The number of aliphatic hydroxyl groups excluding tert-OH is 5. The summed E-state index contributed by atoms with van der Waals surface area (Å²) < 4.78 is 33.7. The zero-order valence-electron chi connectivity index (χ0n) is 41.8. The second-order valence-corrected chi connectivity index (χ2v) is 20.5. The first-order valence-corrected chi connectivity index (χ1v) is 28.5. The molecule has 0 saturated heterocycles. The molecule has 1 rings (SSSR count). The van der Waals surface area contributed by atoms with Crippen molar-refractivity contribution in [3.63, 3.8) is 0 Å². The maximum Gasteiger partial charge on any atom is 0.472 e. The van der Waals surface area contributed by atoms with Crippen LogP contribution in [0.2, 0.25) is 0 Å². The molecule has 0 bridgehead atoms. The van der Waals surface area contributed by atoms with Crippen LogP contribution in [0.4, 0.5) is 0 Å². The quantitative estimate of drug-likeness (QED) is 0.0145. The Morgan fingerprint density at radius 1 is 0.455 bits per heavy atom. The summed E-state index contributed by atoms with van der Waals surface area (Å²) in [6, 6.07) is 0. The third-order valence-electron chi connectivity index (χ3n) is 12.9. The number of hydrogen-bond acceptors (Lipinski definition) is 12. The van der Waals surface area contributed by atoms with E-state index in [0.717, 1.165) is 57.8 Å². The van der Waals surface area contributed by atoms with Crippen LogP contribution in [0.25, 0.3) is 0 Å². The van der Waals surface area contributed by atoms with E-state index < -0.39 is 75.7 Å². The summed E-state index contributed by atoms with van der Waals surface area (Å²) in [6.45, 7) is 3.33. The van der Waals surface area contributed by atoms with Crippen molar-refractivity contribution in [3.05, 3.63) is 12.2 Å². The minimum Gasteiger partial charge on any atom is -0.462 e. The van der Waals surface area contributed by atoms with Crippen molar-refractivity contribution in [1.82, 2.24) is 0 Å². The van der Waals surface area contributed by atoms with E-state index in [1.807, 2.05) is 0 Å². The molecule has 0 spiro atoms. The molecular formula is C52H99O13P. The van der Waals surface area contributed by atoms with E-state index in [1.165, 1.54) is 154 Å². The first-order chi connectivity index (χ1) is 31.9. The Morgan fingerprint density at radius 3 is 1.17 bits per heavy atom. The lowest BCUT2D eigenvalue weighted by atomic mass is 9.85. The van der Waals surface area contributed by atoms with Crippen LogP contribution in [0.3, 0.4) is 0 Å². The van der Waals surface area contributed by atoms with Gasteiger partial charge >= 0.3 is 19.8 Å². The van der Waals surface area contributed by atoms with E-state index >= 15 is 0 Å². The second-order valence-electron chi connectivity index (χ2n) is 19.1. The Morgan fingerprint density at radius 2 is 0.773 bits per heavy atom. The summed E-state index contributed by atoms with van der Waals surface area (Å²) in [4.78, 5) is 35.8. The molecule has 0 heterocycles. The van der Waals surface area contributed by atoms with Crippen LogP contribution < -0.4 is 0 Å². The summed E-state index contributed by atoms with van der Waals surface area (Å²) >= 11 is 0. The first kappa shape index (κ1) is 62.6. The minimum atomic E-state index is -5.12. The number of allylic oxidation sites excluding steroid dienone is 2. The lowest BCUT2D eigenvalue weighted by Crippen LogP contribution is -2.64. The standard InChI is InChI=1S/C52H99O13P/c1-3-5-7-9-11-13-15-17-19-20-21-22-23-24-25-27-28-30-32-34-36-38-40-45(53)62-42-44(43-63-66(60,61)65-52-50(58)48(56)47(55)49(57)51(52)59)64-46(54)41-39-37-35-33-31-29-26-18-16-14-12-10-8-6-4-2/h14,16,44,47-52,55-59H,3-13,15,17-43H2,1-2H3,(H,60,61)/b16-14+/t44-,47?,48-,49?,50?,51?,52?/m0/s1. The molecule has 0 aromatic rings. The Balaban J connectivity index is 2.34. The van der Waals surface area contributed by atoms with Gasteiger partial charge in [-0.1, -0.05) is 212 Å². The normalized spacial score (nSPS) is 21.3. The number of phosphoric ester groups is 1. The molecule has 1 saturated carbocycles. The lowest BCUT2D eigenvalue weighted by molar-refractivity contribution is -0.220. The summed E-state index contributed by atoms with van der Waals surface area (Å²) in [6.07, 6.45) is 34.1. The Bertz CT molecular complexity index is 1200. The molecule has 390 valence electrons. The molecule has 13 nitrogen and oxygen atoms in total. The van der Waals surface area contributed by atoms with Gasteiger partial charge in [-0.3, -0.25) is 18.6 Å². The van der Waals surface area contributed by atoms with Crippen LogP contribution in [0.1, 0.15) is 251 Å². The van der Waals surface area contributed by atoms with Crippen LogP contribution in [-0.2, 0) is 32.7 Å². The molecule has 0 aromatic heterocycles. The van der Waals surface area contributed by atoms with Gasteiger partial charge < -0.3 is 39.9 Å². The zero-order chi connectivity index (χ0) is 48.5. The highest BCUT2D eigenvalue weighted by molar-refractivity contribution is 7.47. The summed E-state index contributed by atoms with van der Waals surface area (Å²) in [5, 5.41) is 50.3. The van der Waals surface area contributed by atoms with Crippen molar-refractivity contribution < 1.29 is 63.1 Å². The van der Waals surface area contributed by atoms with Gasteiger partial charge in [0.15, 0.2) is 6.10 Å². The molecule has 0 aromatic carbocycles. The van der Waals surface area contributed by atoms with E-state index in [-0.39, 0.29) is 12.8 Å². The SMILES string of the molecule is CCCCCC/C=C/CCCCCCCCCC(=O)O[C@@H](COC(=O)CCCCCCCCCCCCCCCCCCCCCCCC)COP(=O)(O)OC1C(O)C(O)C(O)[C@H](O)C1O. The molecule has 0 aliphatic heterocycles. The van der Waals surface area contributed by atoms with Gasteiger partial charge in [0.25, 0.3) is 0 Å². The number of esters is 2. The van der Waals surface area contributed by atoms with Crippen LogP contribution in [0, 0.1) is 0 Å². The minimum absolute atomic E-state index is 0.0961. The number of carbonyl (C=O) groups is 2. The van der Waals surface area contributed by atoms with Crippen LogP contribution >= 0.6 is 7.82 Å². The van der Waals surface area contributed by atoms with Crippen molar-refractivity contribution in [1.29, 1.82) is 0 Å².